The predicted octanol–water partition coefficient (Wildman–Crippen LogP) is 0.478. The van der Waals surface area contributed by atoms with Gasteiger partial charge in [0.2, 0.25) is 5.91 Å². The first-order valence-electron chi connectivity index (χ1n) is 5.55. The van der Waals surface area contributed by atoms with E-state index < -0.39 is 24.0 Å². The van der Waals surface area contributed by atoms with E-state index in [-0.39, 0.29) is 6.54 Å². The second-order valence-electron chi connectivity index (χ2n) is 4.54. The van der Waals surface area contributed by atoms with Gasteiger partial charge in [-0.15, -0.1) is 0 Å². The van der Waals surface area contributed by atoms with E-state index in [0.717, 1.165) is 0 Å². The SMILES string of the molecule is CN1CCC(NCCC(F)(F)F)(C(N)=O)CC1. The van der Waals surface area contributed by atoms with E-state index in [1.54, 1.807) is 0 Å². The number of nitrogens with two attached hydrogens (primary N) is 1. The molecule has 1 aliphatic heterocycles. The maximum atomic E-state index is 12.0. The van der Waals surface area contributed by atoms with Gasteiger partial charge in [0.25, 0.3) is 0 Å². The number of nitrogens with one attached hydrogen (secondary N) is 1. The summed E-state index contributed by atoms with van der Waals surface area (Å²) in [5.74, 6) is -0.562. The lowest BCUT2D eigenvalue weighted by atomic mass is 9.86. The van der Waals surface area contributed by atoms with Gasteiger partial charge < -0.3 is 16.0 Å². The zero-order valence-corrected chi connectivity index (χ0v) is 9.81. The number of carbonyl (C=O) groups excluding carboxylic acids is 1. The number of hydrogen-bond donors (Lipinski definition) is 2. The van der Waals surface area contributed by atoms with Gasteiger partial charge in [0, 0.05) is 19.6 Å². The highest BCUT2D eigenvalue weighted by molar-refractivity contribution is 5.84. The number of primary amides is 1. The molecule has 1 fully saturated rings. The minimum absolute atomic E-state index is 0.268. The van der Waals surface area contributed by atoms with E-state index in [1.165, 1.54) is 0 Å². The first-order valence-corrected chi connectivity index (χ1v) is 5.55. The predicted molar refractivity (Wildman–Crippen MR) is 57.3 cm³/mol. The Hall–Kier alpha value is -0.820. The van der Waals surface area contributed by atoms with Crippen LogP contribution in [0.1, 0.15) is 19.3 Å². The standard InChI is InChI=1S/C10H18F3N3O/c1-16-6-3-9(4-7-16,8(14)17)15-5-2-10(11,12)13/h15H,2-7H2,1H3,(H2,14,17). The van der Waals surface area contributed by atoms with Crippen LogP contribution >= 0.6 is 0 Å². The van der Waals surface area contributed by atoms with Crippen molar-refractivity contribution in [2.75, 3.05) is 26.7 Å². The van der Waals surface area contributed by atoms with Crippen molar-refractivity contribution in [2.24, 2.45) is 5.73 Å². The van der Waals surface area contributed by atoms with Crippen LogP contribution in [0.2, 0.25) is 0 Å². The third kappa shape index (κ3) is 4.16. The van der Waals surface area contributed by atoms with Gasteiger partial charge in [0.1, 0.15) is 5.54 Å². The summed E-state index contributed by atoms with van der Waals surface area (Å²) < 4.78 is 36.1. The molecule has 3 N–H and O–H groups in total. The van der Waals surface area contributed by atoms with Gasteiger partial charge in [-0.3, -0.25) is 4.79 Å². The highest BCUT2D eigenvalue weighted by Crippen LogP contribution is 2.23. The van der Waals surface area contributed by atoms with Crippen LogP contribution in [-0.4, -0.2) is 49.2 Å². The topological polar surface area (TPSA) is 58.4 Å². The molecule has 0 atom stereocenters. The van der Waals surface area contributed by atoms with Crippen molar-refractivity contribution < 1.29 is 18.0 Å². The van der Waals surface area contributed by atoms with Crippen molar-refractivity contribution >= 4 is 5.91 Å². The van der Waals surface area contributed by atoms with E-state index in [0.29, 0.717) is 25.9 Å². The van der Waals surface area contributed by atoms with Crippen molar-refractivity contribution in [3.63, 3.8) is 0 Å². The summed E-state index contributed by atoms with van der Waals surface area (Å²) in [6, 6.07) is 0. The Morgan fingerprint density at radius 3 is 2.35 bits per heavy atom. The van der Waals surface area contributed by atoms with Crippen molar-refractivity contribution in [1.82, 2.24) is 10.2 Å². The van der Waals surface area contributed by atoms with Gasteiger partial charge in [-0.25, -0.2) is 0 Å². The molecule has 7 heteroatoms. The molecule has 17 heavy (non-hydrogen) atoms. The average Bonchev–Trinajstić information content (AvgIpc) is 2.19. The van der Waals surface area contributed by atoms with Crippen LogP contribution in [0, 0.1) is 0 Å². The number of halogens is 3. The van der Waals surface area contributed by atoms with Crippen LogP contribution in [0.25, 0.3) is 0 Å². The summed E-state index contributed by atoms with van der Waals surface area (Å²) in [4.78, 5) is 13.4. The number of amides is 1. The third-order valence-corrected chi connectivity index (χ3v) is 3.18. The van der Waals surface area contributed by atoms with Crippen LogP contribution in [0.15, 0.2) is 0 Å². The molecule has 1 amide bonds. The van der Waals surface area contributed by atoms with Gasteiger partial charge in [-0.05, 0) is 19.9 Å². The van der Waals surface area contributed by atoms with Gasteiger partial charge in [-0.2, -0.15) is 13.2 Å². The van der Waals surface area contributed by atoms with Crippen molar-refractivity contribution in [1.29, 1.82) is 0 Å². The number of carbonyl (C=O) groups is 1. The van der Waals surface area contributed by atoms with E-state index in [9.17, 15) is 18.0 Å². The molecule has 0 saturated carbocycles. The number of nitrogens with zero attached hydrogens (tertiary/aromatic N) is 1. The molecule has 100 valence electrons. The number of alkyl halides is 3. The second kappa shape index (κ2) is 5.22. The normalized spacial score (nSPS) is 21.4. The van der Waals surface area contributed by atoms with Crippen molar-refractivity contribution in [3.8, 4) is 0 Å². The van der Waals surface area contributed by atoms with Crippen LogP contribution < -0.4 is 11.1 Å². The van der Waals surface area contributed by atoms with Gasteiger partial charge in [0.05, 0.1) is 6.42 Å². The highest BCUT2D eigenvalue weighted by Gasteiger charge is 2.39. The van der Waals surface area contributed by atoms with Crippen molar-refractivity contribution in [2.45, 2.75) is 31.0 Å². The summed E-state index contributed by atoms with van der Waals surface area (Å²) in [7, 11) is 1.90. The van der Waals surface area contributed by atoms with Crippen LogP contribution in [0.5, 0.6) is 0 Å². The van der Waals surface area contributed by atoms with Crippen LogP contribution in [-0.2, 0) is 4.79 Å². The quantitative estimate of drug-likeness (QED) is 0.766. The molecule has 0 aromatic rings. The Labute approximate surface area is 98.3 Å². The van der Waals surface area contributed by atoms with E-state index in [2.05, 4.69) is 5.32 Å². The lowest BCUT2D eigenvalue weighted by Crippen LogP contribution is -2.60. The lowest BCUT2D eigenvalue weighted by molar-refractivity contribution is -0.137. The Kier molecular flexibility index (Phi) is 4.37. The Morgan fingerprint density at radius 1 is 1.41 bits per heavy atom. The summed E-state index contributed by atoms with van der Waals surface area (Å²) in [6.07, 6.45) is -4.25. The molecular weight excluding hydrogens is 235 g/mol. The fraction of sp³-hybridized carbons (Fsp3) is 0.900. The summed E-state index contributed by atoms with van der Waals surface area (Å²) >= 11 is 0. The summed E-state index contributed by atoms with van der Waals surface area (Å²) in [6.45, 7) is 1.04. The second-order valence-corrected chi connectivity index (χ2v) is 4.54. The fourth-order valence-corrected chi connectivity index (χ4v) is 1.95. The van der Waals surface area contributed by atoms with Gasteiger partial charge in [-0.1, -0.05) is 0 Å². The first kappa shape index (κ1) is 14.2. The minimum Gasteiger partial charge on any atom is -0.368 e. The van der Waals surface area contributed by atoms with E-state index >= 15 is 0 Å². The highest BCUT2D eigenvalue weighted by atomic mass is 19.4. The Morgan fingerprint density at radius 2 is 1.94 bits per heavy atom. The van der Waals surface area contributed by atoms with Gasteiger partial charge >= 0.3 is 6.18 Å². The van der Waals surface area contributed by atoms with Crippen LogP contribution in [0.3, 0.4) is 0 Å². The monoisotopic (exact) mass is 253 g/mol. The van der Waals surface area contributed by atoms with Gasteiger partial charge in [0.15, 0.2) is 0 Å². The molecule has 1 rings (SSSR count). The fourth-order valence-electron chi connectivity index (χ4n) is 1.95. The molecule has 0 bridgehead atoms. The molecular formula is C10H18F3N3O. The molecule has 1 aliphatic rings. The zero-order valence-electron chi connectivity index (χ0n) is 9.81. The Balaban J connectivity index is 2.52. The van der Waals surface area contributed by atoms with Crippen LogP contribution in [0.4, 0.5) is 13.2 Å². The molecule has 0 aromatic carbocycles. The number of hydrogen-bond acceptors (Lipinski definition) is 3. The smallest absolute Gasteiger partial charge is 0.368 e. The van der Waals surface area contributed by atoms with E-state index in [4.69, 9.17) is 5.73 Å². The molecule has 0 aromatic heterocycles. The lowest BCUT2D eigenvalue weighted by Gasteiger charge is -2.39. The molecule has 0 unspecified atom stereocenters. The van der Waals surface area contributed by atoms with Crippen molar-refractivity contribution in [3.05, 3.63) is 0 Å². The van der Waals surface area contributed by atoms with E-state index in [1.807, 2.05) is 11.9 Å². The molecule has 0 radical (unpaired) electrons. The molecule has 4 nitrogen and oxygen atoms in total. The maximum absolute atomic E-state index is 12.0. The largest absolute Gasteiger partial charge is 0.390 e. The third-order valence-electron chi connectivity index (χ3n) is 3.18. The number of rotatable bonds is 4. The zero-order chi connectivity index (χ0) is 13.1. The summed E-state index contributed by atoms with van der Waals surface area (Å²) in [5, 5.41) is 2.69. The molecule has 0 spiro atoms. The molecule has 1 saturated heterocycles. The maximum Gasteiger partial charge on any atom is 0.390 e. The first-order chi connectivity index (χ1) is 7.75. The minimum atomic E-state index is -4.21. The number of likely N-dealkylation sites (tertiary alicyclic amines) is 1. The Bertz CT molecular complexity index is 272. The average molecular weight is 253 g/mol. The molecule has 1 heterocycles. The number of piperidine rings is 1. The summed E-state index contributed by atoms with van der Waals surface area (Å²) in [5.41, 5.74) is 4.32. The molecule has 0 aliphatic carbocycles.